The molecule has 0 bridgehead atoms. The van der Waals surface area contributed by atoms with Gasteiger partial charge in [-0.3, -0.25) is 4.79 Å². The minimum atomic E-state index is -0.366. The van der Waals surface area contributed by atoms with Gasteiger partial charge in [0.2, 0.25) is 5.91 Å². The van der Waals surface area contributed by atoms with Crippen LogP contribution in [-0.2, 0) is 4.79 Å². The van der Waals surface area contributed by atoms with Gasteiger partial charge in [-0.1, -0.05) is 13.8 Å². The number of nitrogens with one attached hydrogen (secondary N) is 1. The van der Waals surface area contributed by atoms with Gasteiger partial charge in [0.15, 0.2) is 0 Å². The number of hydrogen-bond acceptors (Lipinski definition) is 1. The number of rotatable bonds is 4. The van der Waals surface area contributed by atoms with Crippen LogP contribution in [-0.4, -0.2) is 17.8 Å². The van der Waals surface area contributed by atoms with E-state index in [0.29, 0.717) is 12.5 Å². The van der Waals surface area contributed by atoms with Crippen LogP contribution in [0, 0.1) is 5.92 Å². The first-order valence-electron chi connectivity index (χ1n) is 3.99. The Morgan fingerprint density at radius 1 is 1.55 bits per heavy atom. The smallest absolute Gasteiger partial charge is 0.238 e. The molecule has 0 aliphatic carbocycles. The molecular formula is C8H16ClNO. The molecule has 0 aromatic rings. The molecule has 0 fully saturated rings. The number of hydrogen-bond donors (Lipinski definition) is 1. The SMILES string of the molecule is CCNC(=O)C(Cl)CC(C)C. The van der Waals surface area contributed by atoms with Crippen molar-refractivity contribution in [1.29, 1.82) is 0 Å². The van der Waals surface area contributed by atoms with Crippen molar-refractivity contribution in [3.63, 3.8) is 0 Å². The molecule has 2 nitrogen and oxygen atoms in total. The zero-order valence-electron chi connectivity index (χ0n) is 7.36. The maximum Gasteiger partial charge on any atom is 0.238 e. The van der Waals surface area contributed by atoms with Crippen LogP contribution in [0.3, 0.4) is 0 Å². The average Bonchev–Trinajstić information content (AvgIpc) is 1.86. The second-order valence-corrected chi connectivity index (χ2v) is 3.52. The molecule has 0 saturated carbocycles. The molecule has 0 aromatic heterocycles. The standard InChI is InChI=1S/C8H16ClNO/c1-4-10-8(11)7(9)5-6(2)3/h6-7H,4-5H2,1-3H3,(H,10,11). The highest BCUT2D eigenvalue weighted by atomic mass is 35.5. The normalized spacial score (nSPS) is 13.2. The summed E-state index contributed by atoms with van der Waals surface area (Å²) in [5.74, 6) is 0.419. The Morgan fingerprint density at radius 2 is 2.09 bits per heavy atom. The quantitative estimate of drug-likeness (QED) is 0.652. The molecule has 0 aromatic carbocycles. The summed E-state index contributed by atoms with van der Waals surface area (Å²) < 4.78 is 0. The van der Waals surface area contributed by atoms with E-state index in [1.807, 2.05) is 6.92 Å². The van der Waals surface area contributed by atoms with Crippen LogP contribution in [0.5, 0.6) is 0 Å². The lowest BCUT2D eigenvalue weighted by Crippen LogP contribution is -2.31. The van der Waals surface area contributed by atoms with Gasteiger partial charge in [0.25, 0.3) is 0 Å². The summed E-state index contributed by atoms with van der Waals surface area (Å²) in [4.78, 5) is 11.0. The highest BCUT2D eigenvalue weighted by Gasteiger charge is 2.14. The topological polar surface area (TPSA) is 29.1 Å². The summed E-state index contributed by atoms with van der Waals surface area (Å²) in [6, 6.07) is 0. The molecule has 0 aliphatic rings. The highest BCUT2D eigenvalue weighted by molar-refractivity contribution is 6.30. The van der Waals surface area contributed by atoms with Crippen LogP contribution >= 0.6 is 11.6 Å². The molecule has 0 saturated heterocycles. The van der Waals surface area contributed by atoms with E-state index in [9.17, 15) is 4.79 Å². The molecule has 66 valence electrons. The van der Waals surface area contributed by atoms with Crippen molar-refractivity contribution in [1.82, 2.24) is 5.32 Å². The Morgan fingerprint density at radius 3 is 2.45 bits per heavy atom. The van der Waals surface area contributed by atoms with Gasteiger partial charge in [0.05, 0.1) is 0 Å². The monoisotopic (exact) mass is 177 g/mol. The Labute approximate surface area is 73.3 Å². The number of halogens is 1. The number of amides is 1. The number of carbonyl (C=O) groups is 1. The maximum absolute atomic E-state index is 11.0. The predicted molar refractivity (Wildman–Crippen MR) is 47.8 cm³/mol. The zero-order chi connectivity index (χ0) is 8.85. The molecule has 0 rings (SSSR count). The van der Waals surface area contributed by atoms with Crippen LogP contribution < -0.4 is 5.32 Å². The molecule has 0 spiro atoms. The van der Waals surface area contributed by atoms with Gasteiger partial charge >= 0.3 is 0 Å². The van der Waals surface area contributed by atoms with Crippen LogP contribution in [0.1, 0.15) is 27.2 Å². The predicted octanol–water partition coefficient (Wildman–Crippen LogP) is 1.78. The Bertz CT molecular complexity index is 125. The molecule has 1 unspecified atom stereocenters. The van der Waals surface area contributed by atoms with Crippen molar-refractivity contribution in [2.24, 2.45) is 5.92 Å². The van der Waals surface area contributed by atoms with Crippen LogP contribution in [0.15, 0.2) is 0 Å². The fourth-order valence-corrected chi connectivity index (χ4v) is 1.24. The lowest BCUT2D eigenvalue weighted by molar-refractivity contribution is -0.120. The van der Waals surface area contributed by atoms with Gasteiger partial charge in [-0.15, -0.1) is 11.6 Å². The second kappa shape index (κ2) is 5.42. The van der Waals surface area contributed by atoms with Crippen LogP contribution in [0.2, 0.25) is 0 Å². The summed E-state index contributed by atoms with van der Waals surface area (Å²) in [5.41, 5.74) is 0. The van der Waals surface area contributed by atoms with Gasteiger partial charge in [0.1, 0.15) is 5.38 Å². The molecule has 0 heterocycles. The van der Waals surface area contributed by atoms with Crippen molar-refractivity contribution in [3.8, 4) is 0 Å². The maximum atomic E-state index is 11.0. The van der Waals surface area contributed by atoms with Gasteiger partial charge in [-0.05, 0) is 19.3 Å². The van der Waals surface area contributed by atoms with Crippen molar-refractivity contribution in [2.75, 3.05) is 6.54 Å². The Hall–Kier alpha value is -0.240. The molecule has 11 heavy (non-hydrogen) atoms. The average molecular weight is 178 g/mol. The van der Waals surface area contributed by atoms with Crippen LogP contribution in [0.25, 0.3) is 0 Å². The molecule has 1 N–H and O–H groups in total. The summed E-state index contributed by atoms with van der Waals surface area (Å²) >= 11 is 5.79. The lowest BCUT2D eigenvalue weighted by atomic mass is 10.1. The third-order valence-electron chi connectivity index (χ3n) is 1.31. The summed E-state index contributed by atoms with van der Waals surface area (Å²) in [6.07, 6.45) is 0.743. The van der Waals surface area contributed by atoms with E-state index in [0.717, 1.165) is 6.42 Å². The molecule has 1 amide bonds. The van der Waals surface area contributed by atoms with Crippen LogP contribution in [0.4, 0.5) is 0 Å². The van der Waals surface area contributed by atoms with Crippen molar-refractivity contribution in [2.45, 2.75) is 32.6 Å². The van der Waals surface area contributed by atoms with Crippen molar-refractivity contribution >= 4 is 17.5 Å². The fraction of sp³-hybridized carbons (Fsp3) is 0.875. The first kappa shape index (κ1) is 10.8. The minimum absolute atomic E-state index is 0.0529. The van der Waals surface area contributed by atoms with Gasteiger partial charge < -0.3 is 5.32 Å². The van der Waals surface area contributed by atoms with E-state index < -0.39 is 0 Å². The zero-order valence-corrected chi connectivity index (χ0v) is 8.11. The number of carbonyl (C=O) groups excluding carboxylic acids is 1. The van der Waals surface area contributed by atoms with Gasteiger partial charge in [-0.25, -0.2) is 0 Å². The van der Waals surface area contributed by atoms with E-state index in [2.05, 4.69) is 19.2 Å². The largest absolute Gasteiger partial charge is 0.355 e. The summed E-state index contributed by atoms with van der Waals surface area (Å²) in [7, 11) is 0. The van der Waals surface area contributed by atoms with E-state index in [1.165, 1.54) is 0 Å². The van der Waals surface area contributed by atoms with E-state index in [-0.39, 0.29) is 11.3 Å². The molecular weight excluding hydrogens is 162 g/mol. The summed E-state index contributed by atoms with van der Waals surface area (Å²) in [5, 5.41) is 2.31. The first-order valence-corrected chi connectivity index (χ1v) is 4.43. The first-order chi connectivity index (χ1) is 5.07. The third kappa shape index (κ3) is 5.08. The third-order valence-corrected chi connectivity index (χ3v) is 1.69. The molecule has 0 radical (unpaired) electrons. The van der Waals surface area contributed by atoms with E-state index >= 15 is 0 Å². The number of alkyl halides is 1. The second-order valence-electron chi connectivity index (χ2n) is 2.99. The molecule has 1 atom stereocenters. The Kier molecular flexibility index (Phi) is 5.30. The molecule has 0 aliphatic heterocycles. The van der Waals surface area contributed by atoms with Crippen molar-refractivity contribution < 1.29 is 4.79 Å². The minimum Gasteiger partial charge on any atom is -0.355 e. The van der Waals surface area contributed by atoms with Gasteiger partial charge in [0, 0.05) is 6.54 Å². The van der Waals surface area contributed by atoms with E-state index in [1.54, 1.807) is 0 Å². The van der Waals surface area contributed by atoms with Crippen molar-refractivity contribution in [3.05, 3.63) is 0 Å². The van der Waals surface area contributed by atoms with Gasteiger partial charge in [-0.2, -0.15) is 0 Å². The highest BCUT2D eigenvalue weighted by Crippen LogP contribution is 2.10. The lowest BCUT2D eigenvalue weighted by Gasteiger charge is -2.10. The summed E-state index contributed by atoms with van der Waals surface area (Å²) in [6.45, 7) is 6.64. The Balaban J connectivity index is 3.64. The van der Waals surface area contributed by atoms with E-state index in [4.69, 9.17) is 11.6 Å². The molecule has 3 heteroatoms. The fourth-order valence-electron chi connectivity index (χ4n) is 0.806.